The Balaban J connectivity index is 2.09. The summed E-state index contributed by atoms with van der Waals surface area (Å²) in [5.41, 5.74) is 7.59. The topological polar surface area (TPSA) is 35.2 Å². The minimum Gasteiger partial charge on any atom is -0.489 e. The van der Waals surface area contributed by atoms with Crippen LogP contribution in [0.15, 0.2) is 42.5 Å². The Morgan fingerprint density at radius 3 is 2.21 bits per heavy atom. The lowest BCUT2D eigenvalue weighted by atomic mass is 10.1. The molecule has 0 aliphatic carbocycles. The molecule has 0 aliphatic heterocycles. The molecule has 0 saturated carbocycles. The van der Waals surface area contributed by atoms with Crippen molar-refractivity contribution in [2.75, 3.05) is 6.54 Å². The Kier molecular flexibility index (Phi) is 4.47. The molecule has 0 aliphatic rings. The summed E-state index contributed by atoms with van der Waals surface area (Å²) < 4.78 is 31.5. The van der Waals surface area contributed by atoms with Crippen LogP contribution in [0, 0.1) is 11.6 Å². The minimum atomic E-state index is -0.648. The third kappa shape index (κ3) is 3.76. The van der Waals surface area contributed by atoms with E-state index in [9.17, 15) is 8.78 Å². The van der Waals surface area contributed by atoms with Crippen LogP contribution >= 0.6 is 0 Å². The van der Waals surface area contributed by atoms with Crippen molar-refractivity contribution in [3.8, 4) is 5.75 Å². The molecule has 2 N–H and O–H groups in total. The lowest BCUT2D eigenvalue weighted by Crippen LogP contribution is -2.07. The van der Waals surface area contributed by atoms with Crippen molar-refractivity contribution in [3.63, 3.8) is 0 Å². The van der Waals surface area contributed by atoms with E-state index in [-0.39, 0.29) is 12.4 Å². The van der Waals surface area contributed by atoms with E-state index < -0.39 is 11.6 Å². The van der Waals surface area contributed by atoms with E-state index in [0.29, 0.717) is 6.54 Å². The summed E-state index contributed by atoms with van der Waals surface area (Å²) in [6.07, 6.45) is 0.747. The van der Waals surface area contributed by atoms with Gasteiger partial charge in [-0.05, 0) is 24.1 Å². The Hall–Kier alpha value is -1.94. The molecule has 4 heteroatoms. The molecular formula is C15H15F2NO. The van der Waals surface area contributed by atoms with E-state index in [1.54, 1.807) is 0 Å². The van der Waals surface area contributed by atoms with Crippen LogP contribution in [0.25, 0.3) is 0 Å². The molecule has 100 valence electrons. The van der Waals surface area contributed by atoms with Gasteiger partial charge in [0.15, 0.2) is 0 Å². The van der Waals surface area contributed by atoms with Crippen LogP contribution < -0.4 is 10.5 Å². The zero-order valence-electron chi connectivity index (χ0n) is 10.4. The third-order valence-corrected chi connectivity index (χ3v) is 2.76. The lowest BCUT2D eigenvalue weighted by molar-refractivity contribution is 0.301. The Morgan fingerprint density at radius 1 is 0.947 bits per heavy atom. The van der Waals surface area contributed by atoms with Crippen molar-refractivity contribution >= 4 is 0 Å². The van der Waals surface area contributed by atoms with Gasteiger partial charge in [-0.3, -0.25) is 0 Å². The highest BCUT2D eigenvalue weighted by molar-refractivity contribution is 5.29. The maximum Gasteiger partial charge on any atom is 0.129 e. The quantitative estimate of drug-likeness (QED) is 0.899. The smallest absolute Gasteiger partial charge is 0.129 e. The number of nitrogens with two attached hydrogens (primary N) is 1. The van der Waals surface area contributed by atoms with Crippen molar-refractivity contribution < 1.29 is 13.5 Å². The molecule has 2 nitrogen and oxygen atoms in total. The Morgan fingerprint density at radius 2 is 1.58 bits per heavy atom. The highest BCUT2D eigenvalue weighted by Gasteiger charge is 2.04. The fraction of sp³-hybridized carbons (Fsp3) is 0.200. The number of hydrogen-bond acceptors (Lipinski definition) is 2. The first-order valence-electron chi connectivity index (χ1n) is 6.05. The van der Waals surface area contributed by atoms with E-state index >= 15 is 0 Å². The summed E-state index contributed by atoms with van der Waals surface area (Å²) in [6, 6.07) is 10.8. The lowest BCUT2D eigenvalue weighted by Gasteiger charge is -2.10. The predicted octanol–water partition coefficient (Wildman–Crippen LogP) is 3.05. The molecule has 2 aromatic rings. The van der Waals surface area contributed by atoms with E-state index in [1.807, 2.05) is 24.3 Å². The number of rotatable bonds is 5. The zero-order valence-corrected chi connectivity index (χ0v) is 10.4. The fourth-order valence-corrected chi connectivity index (χ4v) is 1.87. The minimum absolute atomic E-state index is 0.181. The molecule has 0 heterocycles. The number of hydrogen-bond donors (Lipinski definition) is 1. The van der Waals surface area contributed by atoms with Gasteiger partial charge in [0.2, 0.25) is 0 Å². The van der Waals surface area contributed by atoms with Gasteiger partial charge in [0, 0.05) is 18.2 Å². The van der Waals surface area contributed by atoms with Gasteiger partial charge in [0.05, 0.1) is 0 Å². The van der Waals surface area contributed by atoms with Crippen LogP contribution in [0.5, 0.6) is 5.75 Å². The average Bonchev–Trinajstić information content (AvgIpc) is 2.37. The molecule has 0 unspecified atom stereocenters. The van der Waals surface area contributed by atoms with E-state index in [1.165, 1.54) is 0 Å². The summed E-state index contributed by atoms with van der Waals surface area (Å²) in [6.45, 7) is 0.810. The van der Waals surface area contributed by atoms with E-state index in [2.05, 4.69) is 0 Å². The molecule has 0 fully saturated rings. The SMILES string of the molecule is NCCc1ccccc1COc1cc(F)cc(F)c1. The van der Waals surface area contributed by atoms with Gasteiger partial charge in [-0.15, -0.1) is 0 Å². The highest BCUT2D eigenvalue weighted by atomic mass is 19.1. The number of ether oxygens (including phenoxy) is 1. The largest absolute Gasteiger partial charge is 0.489 e. The van der Waals surface area contributed by atoms with Gasteiger partial charge in [-0.25, -0.2) is 8.78 Å². The van der Waals surface area contributed by atoms with Crippen molar-refractivity contribution in [2.45, 2.75) is 13.0 Å². The standard InChI is InChI=1S/C15H15F2NO/c16-13-7-14(17)9-15(8-13)19-10-12-4-2-1-3-11(12)5-6-18/h1-4,7-9H,5-6,10,18H2. The van der Waals surface area contributed by atoms with Gasteiger partial charge in [-0.1, -0.05) is 24.3 Å². The molecule has 0 radical (unpaired) electrons. The van der Waals surface area contributed by atoms with Crippen molar-refractivity contribution in [2.24, 2.45) is 5.73 Å². The molecule has 0 aromatic heterocycles. The van der Waals surface area contributed by atoms with Crippen molar-refractivity contribution in [1.82, 2.24) is 0 Å². The first-order chi connectivity index (χ1) is 9.19. The number of benzene rings is 2. The second-order valence-electron chi connectivity index (χ2n) is 4.20. The molecule has 0 amide bonds. The van der Waals surface area contributed by atoms with Crippen molar-refractivity contribution in [3.05, 3.63) is 65.2 Å². The molecule has 19 heavy (non-hydrogen) atoms. The van der Waals surface area contributed by atoms with Gasteiger partial charge in [-0.2, -0.15) is 0 Å². The maximum atomic E-state index is 13.0. The Bertz CT molecular complexity index is 537. The molecular weight excluding hydrogens is 248 g/mol. The van der Waals surface area contributed by atoms with Gasteiger partial charge in [0.1, 0.15) is 24.0 Å². The van der Waals surface area contributed by atoms with Crippen LogP contribution in [0.3, 0.4) is 0 Å². The van der Waals surface area contributed by atoms with Crippen LogP contribution in [-0.4, -0.2) is 6.54 Å². The maximum absolute atomic E-state index is 13.0. The first kappa shape index (κ1) is 13.5. The molecule has 0 spiro atoms. The van der Waals surface area contributed by atoms with Gasteiger partial charge >= 0.3 is 0 Å². The van der Waals surface area contributed by atoms with E-state index in [0.717, 1.165) is 35.7 Å². The predicted molar refractivity (Wildman–Crippen MR) is 69.9 cm³/mol. The molecule has 0 atom stereocenters. The van der Waals surface area contributed by atoms with Crippen LogP contribution in [0.2, 0.25) is 0 Å². The summed E-state index contributed by atoms with van der Waals surface area (Å²) in [5, 5.41) is 0. The van der Waals surface area contributed by atoms with E-state index in [4.69, 9.17) is 10.5 Å². The second kappa shape index (κ2) is 6.29. The average molecular weight is 263 g/mol. The highest BCUT2D eigenvalue weighted by Crippen LogP contribution is 2.18. The molecule has 0 saturated heterocycles. The van der Waals surface area contributed by atoms with Gasteiger partial charge < -0.3 is 10.5 Å². The van der Waals surface area contributed by atoms with Crippen LogP contribution in [0.4, 0.5) is 8.78 Å². The summed E-state index contributed by atoms with van der Waals surface area (Å²) in [5.74, 6) is -1.12. The van der Waals surface area contributed by atoms with Gasteiger partial charge in [0.25, 0.3) is 0 Å². The summed E-state index contributed by atoms with van der Waals surface area (Å²) in [7, 11) is 0. The molecule has 0 bridgehead atoms. The fourth-order valence-electron chi connectivity index (χ4n) is 1.87. The first-order valence-corrected chi connectivity index (χ1v) is 6.05. The zero-order chi connectivity index (χ0) is 13.7. The second-order valence-corrected chi connectivity index (χ2v) is 4.20. The molecule has 2 aromatic carbocycles. The third-order valence-electron chi connectivity index (χ3n) is 2.76. The molecule has 2 rings (SSSR count). The summed E-state index contributed by atoms with van der Waals surface area (Å²) >= 11 is 0. The Labute approximate surface area is 110 Å². The summed E-state index contributed by atoms with van der Waals surface area (Å²) in [4.78, 5) is 0. The van der Waals surface area contributed by atoms with Crippen molar-refractivity contribution in [1.29, 1.82) is 0 Å². The number of halogens is 2. The normalized spacial score (nSPS) is 10.5. The van der Waals surface area contributed by atoms with Crippen LogP contribution in [0.1, 0.15) is 11.1 Å². The monoisotopic (exact) mass is 263 g/mol. The van der Waals surface area contributed by atoms with Crippen LogP contribution in [-0.2, 0) is 13.0 Å².